The Bertz CT molecular complexity index is 1890. The molecule has 41 heavy (non-hydrogen) atoms. The van der Waals surface area contributed by atoms with Crippen molar-refractivity contribution in [2.24, 2.45) is 0 Å². The van der Waals surface area contributed by atoms with E-state index in [9.17, 15) is 0 Å². The third-order valence-corrected chi connectivity index (χ3v) is 9.20. The average Bonchev–Trinajstić information content (AvgIpc) is 3.27. The molecule has 8 rings (SSSR count). The summed E-state index contributed by atoms with van der Waals surface area (Å²) in [5.74, 6) is 1.80. The van der Waals surface area contributed by atoms with Gasteiger partial charge in [-0.1, -0.05) is 147 Å². The van der Waals surface area contributed by atoms with Crippen molar-refractivity contribution in [1.82, 2.24) is 0 Å². The van der Waals surface area contributed by atoms with Gasteiger partial charge in [-0.15, -0.1) is 0 Å². The minimum Gasteiger partial charge on any atom is -0.457 e. The first-order chi connectivity index (χ1) is 20.1. The van der Waals surface area contributed by atoms with Crippen molar-refractivity contribution >= 4 is 0 Å². The first kappa shape index (κ1) is 24.0. The third kappa shape index (κ3) is 3.30. The van der Waals surface area contributed by atoms with E-state index in [-0.39, 0.29) is 5.41 Å². The number of fused-ring (bicyclic) bond motifs is 5. The van der Waals surface area contributed by atoms with Crippen LogP contribution in [0.25, 0.3) is 22.3 Å². The summed E-state index contributed by atoms with van der Waals surface area (Å²) >= 11 is 0. The molecule has 0 amide bonds. The second kappa shape index (κ2) is 8.81. The zero-order valence-electron chi connectivity index (χ0n) is 23.3. The molecule has 0 spiro atoms. The predicted octanol–water partition coefficient (Wildman–Crippen LogP) is 10.1. The molecule has 196 valence electrons. The summed E-state index contributed by atoms with van der Waals surface area (Å²) < 4.78 is 6.77. The zero-order valence-corrected chi connectivity index (χ0v) is 23.3. The summed E-state index contributed by atoms with van der Waals surface area (Å²) in [6.45, 7) is 4.70. The van der Waals surface area contributed by atoms with Crippen molar-refractivity contribution in [3.05, 3.63) is 179 Å². The summed E-state index contributed by atoms with van der Waals surface area (Å²) in [4.78, 5) is 0. The molecule has 1 heterocycles. The standard InChI is InChI=1S/C40H30O/c1-39(2)33-21-10-9-18-31(33)32-20-13-19-30(38(32)39)27-24-25-35-37(26-27)41-36-23-12-11-22-34(36)40(35,28-14-5-3-6-15-28)29-16-7-4-8-17-29/h3-26H,1-2H3. The molecule has 2 aliphatic rings. The zero-order chi connectivity index (χ0) is 27.6. The molecule has 0 atom stereocenters. The highest BCUT2D eigenvalue weighted by Crippen LogP contribution is 2.57. The summed E-state index contributed by atoms with van der Waals surface area (Å²) in [6.07, 6.45) is 0. The van der Waals surface area contributed by atoms with Crippen LogP contribution in [0.5, 0.6) is 11.5 Å². The highest BCUT2D eigenvalue weighted by Gasteiger charge is 2.45. The lowest BCUT2D eigenvalue weighted by Crippen LogP contribution is -2.34. The third-order valence-electron chi connectivity index (χ3n) is 9.20. The summed E-state index contributed by atoms with van der Waals surface area (Å²) in [5, 5.41) is 0. The van der Waals surface area contributed by atoms with Crippen LogP contribution < -0.4 is 4.74 Å². The second-order valence-corrected chi connectivity index (χ2v) is 11.7. The van der Waals surface area contributed by atoms with E-state index in [0.717, 1.165) is 22.6 Å². The largest absolute Gasteiger partial charge is 0.457 e. The van der Waals surface area contributed by atoms with Crippen molar-refractivity contribution in [2.75, 3.05) is 0 Å². The summed E-state index contributed by atoms with van der Waals surface area (Å²) in [7, 11) is 0. The molecule has 0 bridgehead atoms. The van der Waals surface area contributed by atoms with E-state index in [0.29, 0.717) is 0 Å². The van der Waals surface area contributed by atoms with Crippen LogP contribution in [0, 0.1) is 0 Å². The quantitative estimate of drug-likeness (QED) is 0.223. The van der Waals surface area contributed by atoms with E-state index < -0.39 is 5.41 Å². The van der Waals surface area contributed by atoms with Crippen molar-refractivity contribution in [1.29, 1.82) is 0 Å². The van der Waals surface area contributed by atoms with E-state index in [1.54, 1.807) is 0 Å². The van der Waals surface area contributed by atoms with Crippen LogP contribution >= 0.6 is 0 Å². The summed E-state index contributed by atoms with van der Waals surface area (Å²) in [5.41, 5.74) is 12.1. The van der Waals surface area contributed by atoms with Crippen LogP contribution in [0.1, 0.15) is 47.2 Å². The number of rotatable bonds is 3. The number of para-hydroxylation sites is 1. The fraction of sp³-hybridized carbons (Fsp3) is 0.100. The Morgan fingerprint density at radius 3 is 1.73 bits per heavy atom. The van der Waals surface area contributed by atoms with Crippen LogP contribution in [0.3, 0.4) is 0 Å². The molecule has 1 aliphatic carbocycles. The van der Waals surface area contributed by atoms with E-state index in [1.807, 2.05) is 0 Å². The maximum Gasteiger partial charge on any atom is 0.132 e. The Morgan fingerprint density at radius 1 is 0.439 bits per heavy atom. The molecule has 0 fully saturated rings. The van der Waals surface area contributed by atoms with Crippen molar-refractivity contribution in [3.8, 4) is 33.8 Å². The molecule has 1 aliphatic heterocycles. The monoisotopic (exact) mass is 526 g/mol. The SMILES string of the molecule is CC1(C)c2ccccc2-c2cccc(-c3ccc4c(c3)Oc3ccccc3C4(c3ccccc3)c3ccccc3)c21. The Labute approximate surface area is 241 Å². The maximum absolute atomic E-state index is 6.77. The lowest BCUT2D eigenvalue weighted by molar-refractivity contribution is 0.434. The smallest absolute Gasteiger partial charge is 0.132 e. The maximum atomic E-state index is 6.77. The molecule has 0 N–H and O–H groups in total. The predicted molar refractivity (Wildman–Crippen MR) is 168 cm³/mol. The number of hydrogen-bond donors (Lipinski definition) is 0. The van der Waals surface area contributed by atoms with Gasteiger partial charge < -0.3 is 4.74 Å². The molecular weight excluding hydrogens is 496 g/mol. The molecule has 0 radical (unpaired) electrons. The van der Waals surface area contributed by atoms with Crippen LogP contribution in [-0.4, -0.2) is 0 Å². The van der Waals surface area contributed by atoms with Gasteiger partial charge in [-0.2, -0.15) is 0 Å². The molecular formula is C40H30O. The fourth-order valence-corrected chi connectivity index (χ4v) is 7.47. The van der Waals surface area contributed by atoms with Gasteiger partial charge in [-0.05, 0) is 56.6 Å². The van der Waals surface area contributed by atoms with Crippen molar-refractivity contribution < 1.29 is 4.74 Å². The van der Waals surface area contributed by atoms with Crippen molar-refractivity contribution in [3.63, 3.8) is 0 Å². The van der Waals surface area contributed by atoms with Gasteiger partial charge in [0.25, 0.3) is 0 Å². The molecule has 0 aromatic heterocycles. The Morgan fingerprint density at radius 2 is 1.00 bits per heavy atom. The van der Waals surface area contributed by atoms with E-state index in [2.05, 4.69) is 159 Å². The average molecular weight is 527 g/mol. The molecule has 6 aromatic rings. The molecule has 0 saturated carbocycles. The molecule has 0 unspecified atom stereocenters. The number of benzene rings is 6. The van der Waals surface area contributed by atoms with Gasteiger partial charge in [0.1, 0.15) is 11.5 Å². The molecule has 1 nitrogen and oxygen atoms in total. The first-order valence-corrected chi connectivity index (χ1v) is 14.4. The van der Waals surface area contributed by atoms with Gasteiger partial charge in [0.2, 0.25) is 0 Å². The normalized spacial score (nSPS) is 15.2. The topological polar surface area (TPSA) is 9.23 Å². The Hall–Kier alpha value is -4.88. The van der Waals surface area contributed by atoms with E-state index in [1.165, 1.54) is 44.5 Å². The van der Waals surface area contributed by atoms with Gasteiger partial charge in [0.05, 0.1) is 5.41 Å². The lowest BCUT2D eigenvalue weighted by Gasteiger charge is -2.41. The number of hydrogen-bond acceptors (Lipinski definition) is 1. The van der Waals surface area contributed by atoms with Gasteiger partial charge >= 0.3 is 0 Å². The van der Waals surface area contributed by atoms with Crippen molar-refractivity contribution in [2.45, 2.75) is 24.7 Å². The van der Waals surface area contributed by atoms with E-state index in [4.69, 9.17) is 4.74 Å². The highest BCUT2D eigenvalue weighted by atomic mass is 16.5. The van der Waals surface area contributed by atoms with Crippen LogP contribution in [-0.2, 0) is 10.8 Å². The Kier molecular flexibility index (Phi) is 5.15. The first-order valence-electron chi connectivity index (χ1n) is 14.4. The van der Waals surface area contributed by atoms with Gasteiger partial charge in [0.15, 0.2) is 0 Å². The number of ether oxygens (including phenoxy) is 1. The minimum absolute atomic E-state index is 0.0935. The lowest BCUT2D eigenvalue weighted by atomic mass is 9.63. The molecule has 0 saturated heterocycles. The van der Waals surface area contributed by atoms with E-state index >= 15 is 0 Å². The highest BCUT2D eigenvalue weighted by molar-refractivity contribution is 5.88. The van der Waals surface area contributed by atoms with Gasteiger partial charge in [-0.3, -0.25) is 0 Å². The van der Waals surface area contributed by atoms with Crippen LogP contribution in [0.15, 0.2) is 146 Å². The van der Waals surface area contributed by atoms with Gasteiger partial charge in [0, 0.05) is 16.5 Å². The van der Waals surface area contributed by atoms with Crippen LogP contribution in [0.4, 0.5) is 0 Å². The molecule has 6 aromatic carbocycles. The summed E-state index contributed by atoms with van der Waals surface area (Å²) in [6, 6.07) is 52.7. The fourth-order valence-electron chi connectivity index (χ4n) is 7.47. The van der Waals surface area contributed by atoms with Crippen LogP contribution in [0.2, 0.25) is 0 Å². The Balaban J connectivity index is 1.40. The minimum atomic E-state index is -0.501. The molecule has 1 heteroatoms. The van der Waals surface area contributed by atoms with Gasteiger partial charge in [-0.25, -0.2) is 0 Å². The second-order valence-electron chi connectivity index (χ2n) is 11.7.